The van der Waals surface area contributed by atoms with Crippen LogP contribution in [0.1, 0.15) is 5.56 Å². The van der Waals surface area contributed by atoms with E-state index < -0.39 is 0 Å². The van der Waals surface area contributed by atoms with E-state index >= 15 is 0 Å². The van der Waals surface area contributed by atoms with Gasteiger partial charge in [0.2, 0.25) is 0 Å². The van der Waals surface area contributed by atoms with Crippen molar-refractivity contribution in [3.05, 3.63) is 17.7 Å². The smallest absolute Gasteiger partial charge is 0.161 e. The van der Waals surface area contributed by atoms with E-state index in [1.807, 2.05) is 0 Å². The number of phenolic OH excluding ortho intramolecular Hbond substituents is 1. The first-order valence-electron chi connectivity index (χ1n) is 3.98. The van der Waals surface area contributed by atoms with Gasteiger partial charge in [0, 0.05) is 11.6 Å². The van der Waals surface area contributed by atoms with Crippen LogP contribution >= 0.6 is 0 Å². The summed E-state index contributed by atoms with van der Waals surface area (Å²) in [5.41, 5.74) is 0.713. The van der Waals surface area contributed by atoms with E-state index in [0.29, 0.717) is 17.1 Å². The number of phenols is 1. The molecule has 0 fully saturated rings. The summed E-state index contributed by atoms with van der Waals surface area (Å²) < 4.78 is 9.96. The van der Waals surface area contributed by atoms with Gasteiger partial charge in [-0.15, -0.1) is 0 Å². The molecule has 0 aliphatic carbocycles. The van der Waals surface area contributed by atoms with Crippen molar-refractivity contribution in [2.24, 2.45) is 5.90 Å². The summed E-state index contributed by atoms with van der Waals surface area (Å²) in [6.45, 7) is 0.194. The SMILES string of the molecule is COc1cc(CON)c(OC)cc1O. The highest BCUT2D eigenvalue weighted by Gasteiger charge is 2.09. The molecule has 0 radical (unpaired) electrons. The molecule has 0 atom stereocenters. The van der Waals surface area contributed by atoms with Gasteiger partial charge in [0.15, 0.2) is 11.5 Å². The number of methoxy groups -OCH3 is 2. The fraction of sp³-hybridized carbons (Fsp3) is 0.333. The van der Waals surface area contributed by atoms with Gasteiger partial charge in [-0.1, -0.05) is 0 Å². The van der Waals surface area contributed by atoms with Crippen LogP contribution in [0.4, 0.5) is 0 Å². The Morgan fingerprint density at radius 3 is 2.36 bits per heavy atom. The number of ether oxygens (including phenoxy) is 2. The molecule has 1 aromatic carbocycles. The highest BCUT2D eigenvalue weighted by Crippen LogP contribution is 2.33. The zero-order chi connectivity index (χ0) is 10.6. The van der Waals surface area contributed by atoms with Crippen LogP contribution in [0.3, 0.4) is 0 Å². The Kier molecular flexibility index (Phi) is 3.55. The van der Waals surface area contributed by atoms with Gasteiger partial charge in [-0.25, -0.2) is 5.90 Å². The van der Waals surface area contributed by atoms with E-state index in [2.05, 4.69) is 4.84 Å². The van der Waals surface area contributed by atoms with Crippen LogP contribution in [0.5, 0.6) is 17.2 Å². The summed E-state index contributed by atoms with van der Waals surface area (Å²) in [6.07, 6.45) is 0. The van der Waals surface area contributed by atoms with Crippen molar-refractivity contribution >= 4 is 0 Å². The molecule has 1 rings (SSSR count). The molecular formula is C9H13NO4. The van der Waals surface area contributed by atoms with Gasteiger partial charge in [-0.3, -0.25) is 4.84 Å². The second-order valence-corrected chi connectivity index (χ2v) is 2.65. The molecule has 0 aliphatic rings. The highest BCUT2D eigenvalue weighted by molar-refractivity contribution is 5.49. The van der Waals surface area contributed by atoms with E-state index in [0.717, 1.165) is 0 Å². The molecule has 14 heavy (non-hydrogen) atoms. The Labute approximate surface area is 82.0 Å². The normalized spacial score (nSPS) is 9.93. The third-order valence-electron chi connectivity index (χ3n) is 1.82. The summed E-state index contributed by atoms with van der Waals surface area (Å²) in [5, 5.41) is 9.44. The van der Waals surface area contributed by atoms with Crippen LogP contribution in [-0.4, -0.2) is 19.3 Å². The fourth-order valence-corrected chi connectivity index (χ4v) is 1.15. The van der Waals surface area contributed by atoms with E-state index in [1.165, 1.54) is 20.3 Å². The van der Waals surface area contributed by atoms with Gasteiger partial charge in [-0.2, -0.15) is 0 Å². The van der Waals surface area contributed by atoms with Crippen molar-refractivity contribution in [2.75, 3.05) is 14.2 Å². The molecule has 0 unspecified atom stereocenters. The first-order valence-corrected chi connectivity index (χ1v) is 3.98. The molecule has 0 amide bonds. The van der Waals surface area contributed by atoms with Crippen LogP contribution in [0.2, 0.25) is 0 Å². The Balaban J connectivity index is 3.11. The van der Waals surface area contributed by atoms with E-state index in [9.17, 15) is 5.11 Å². The number of nitrogens with two attached hydrogens (primary N) is 1. The highest BCUT2D eigenvalue weighted by atomic mass is 16.6. The van der Waals surface area contributed by atoms with Crippen LogP contribution in [0.25, 0.3) is 0 Å². The van der Waals surface area contributed by atoms with Gasteiger partial charge < -0.3 is 14.6 Å². The molecule has 5 nitrogen and oxygen atoms in total. The molecule has 78 valence electrons. The van der Waals surface area contributed by atoms with Crippen LogP contribution in [0.15, 0.2) is 12.1 Å². The number of hydrogen-bond donors (Lipinski definition) is 2. The van der Waals surface area contributed by atoms with Crippen molar-refractivity contribution in [1.82, 2.24) is 0 Å². The summed E-state index contributed by atoms with van der Waals surface area (Å²) >= 11 is 0. The molecule has 3 N–H and O–H groups in total. The molecule has 0 heterocycles. The molecule has 0 saturated heterocycles. The van der Waals surface area contributed by atoms with Crippen molar-refractivity contribution in [3.8, 4) is 17.2 Å². The maximum atomic E-state index is 9.44. The summed E-state index contributed by atoms with van der Waals surface area (Å²) in [6, 6.07) is 3.06. The first kappa shape index (κ1) is 10.6. The van der Waals surface area contributed by atoms with Gasteiger partial charge in [0.1, 0.15) is 5.75 Å². The van der Waals surface area contributed by atoms with E-state index in [-0.39, 0.29) is 12.4 Å². The van der Waals surface area contributed by atoms with Crippen molar-refractivity contribution in [1.29, 1.82) is 0 Å². The largest absolute Gasteiger partial charge is 0.504 e. The topological polar surface area (TPSA) is 73.9 Å². The monoisotopic (exact) mass is 199 g/mol. The minimum absolute atomic E-state index is 0.0186. The average Bonchev–Trinajstić information content (AvgIpc) is 2.20. The van der Waals surface area contributed by atoms with Gasteiger partial charge in [0.05, 0.1) is 20.8 Å². The Hall–Kier alpha value is -1.46. The average molecular weight is 199 g/mol. The van der Waals surface area contributed by atoms with Gasteiger partial charge in [0.25, 0.3) is 0 Å². The molecule has 0 saturated carbocycles. The lowest BCUT2D eigenvalue weighted by molar-refractivity contribution is 0.121. The molecule has 0 aliphatic heterocycles. The molecule has 5 heteroatoms. The zero-order valence-corrected chi connectivity index (χ0v) is 8.11. The lowest BCUT2D eigenvalue weighted by Gasteiger charge is -2.10. The summed E-state index contributed by atoms with van der Waals surface area (Å²) in [7, 11) is 2.97. The summed E-state index contributed by atoms with van der Waals surface area (Å²) in [4.78, 5) is 4.49. The predicted octanol–water partition coefficient (Wildman–Crippen LogP) is 0.800. The van der Waals surface area contributed by atoms with Gasteiger partial charge in [-0.05, 0) is 6.07 Å². The van der Waals surface area contributed by atoms with Gasteiger partial charge >= 0.3 is 0 Å². The number of rotatable bonds is 4. The third-order valence-corrected chi connectivity index (χ3v) is 1.82. The van der Waals surface area contributed by atoms with Crippen LogP contribution in [0, 0.1) is 0 Å². The Morgan fingerprint density at radius 1 is 1.21 bits per heavy atom. The molecular weight excluding hydrogens is 186 g/mol. The summed E-state index contributed by atoms with van der Waals surface area (Å²) in [5.74, 6) is 5.84. The lowest BCUT2D eigenvalue weighted by Crippen LogP contribution is -2.01. The third kappa shape index (κ3) is 2.07. The molecule has 0 bridgehead atoms. The van der Waals surface area contributed by atoms with E-state index in [4.69, 9.17) is 15.4 Å². The Bertz CT molecular complexity index is 314. The van der Waals surface area contributed by atoms with Crippen LogP contribution in [-0.2, 0) is 11.4 Å². The zero-order valence-electron chi connectivity index (χ0n) is 8.11. The molecule has 1 aromatic rings. The molecule has 0 aromatic heterocycles. The van der Waals surface area contributed by atoms with Crippen molar-refractivity contribution < 1.29 is 19.4 Å². The fourth-order valence-electron chi connectivity index (χ4n) is 1.15. The second-order valence-electron chi connectivity index (χ2n) is 2.65. The van der Waals surface area contributed by atoms with E-state index in [1.54, 1.807) is 6.07 Å². The lowest BCUT2D eigenvalue weighted by atomic mass is 10.2. The second kappa shape index (κ2) is 4.69. The quantitative estimate of drug-likeness (QED) is 0.701. The first-order chi connectivity index (χ1) is 6.72. The van der Waals surface area contributed by atoms with Crippen molar-refractivity contribution in [2.45, 2.75) is 6.61 Å². The minimum atomic E-state index is 0.0186. The maximum absolute atomic E-state index is 9.44. The number of benzene rings is 1. The predicted molar refractivity (Wildman–Crippen MR) is 50.2 cm³/mol. The number of aromatic hydroxyl groups is 1. The Morgan fingerprint density at radius 2 is 1.86 bits per heavy atom. The molecule has 0 spiro atoms. The van der Waals surface area contributed by atoms with Crippen molar-refractivity contribution in [3.63, 3.8) is 0 Å². The minimum Gasteiger partial charge on any atom is -0.504 e. The van der Waals surface area contributed by atoms with Crippen LogP contribution < -0.4 is 15.4 Å². The standard InChI is InChI=1S/C9H13NO4/c1-12-8-4-7(11)9(13-2)3-6(8)5-14-10/h3-4,11H,5,10H2,1-2H3. The number of hydrogen-bond acceptors (Lipinski definition) is 5. The maximum Gasteiger partial charge on any atom is 0.161 e.